The largest absolute Gasteiger partial charge is 0.357 e. The minimum absolute atomic E-state index is 0.389. The SMILES string of the molecule is c1cc(N2CCCCC2)ncc1-c1noc(C2CC23CCNC3)n1. The van der Waals surface area contributed by atoms with Crippen molar-refractivity contribution < 1.29 is 4.52 Å². The summed E-state index contributed by atoms with van der Waals surface area (Å²) < 4.78 is 5.55. The third-order valence-electron chi connectivity index (χ3n) is 5.89. The van der Waals surface area contributed by atoms with E-state index in [1.54, 1.807) is 0 Å². The lowest BCUT2D eigenvalue weighted by Gasteiger charge is -2.27. The van der Waals surface area contributed by atoms with Gasteiger partial charge in [-0.3, -0.25) is 0 Å². The van der Waals surface area contributed by atoms with Gasteiger partial charge in [-0.05, 0) is 56.2 Å². The van der Waals surface area contributed by atoms with E-state index in [9.17, 15) is 0 Å². The lowest BCUT2D eigenvalue weighted by molar-refractivity contribution is 0.364. The molecule has 1 aliphatic carbocycles. The molecule has 6 nitrogen and oxygen atoms in total. The molecule has 2 aliphatic heterocycles. The van der Waals surface area contributed by atoms with Gasteiger partial charge in [0.15, 0.2) is 0 Å². The van der Waals surface area contributed by atoms with Crippen molar-refractivity contribution in [1.29, 1.82) is 0 Å². The van der Waals surface area contributed by atoms with Crippen molar-refractivity contribution in [3.8, 4) is 11.4 Å². The standard InChI is InChI=1S/C18H23N5O/c1-2-8-23(9-3-1)15-5-4-13(11-20-15)16-21-17(24-22-16)14-10-18(14)6-7-19-12-18/h4-5,11,14,19H,1-3,6-10,12H2. The molecule has 1 spiro atoms. The van der Waals surface area contributed by atoms with E-state index in [4.69, 9.17) is 4.52 Å². The van der Waals surface area contributed by atoms with Crippen LogP contribution >= 0.6 is 0 Å². The number of pyridine rings is 1. The van der Waals surface area contributed by atoms with E-state index in [0.29, 0.717) is 17.2 Å². The van der Waals surface area contributed by atoms with Crippen molar-refractivity contribution in [3.63, 3.8) is 0 Å². The van der Waals surface area contributed by atoms with Crippen molar-refractivity contribution in [1.82, 2.24) is 20.4 Å². The van der Waals surface area contributed by atoms with Crippen molar-refractivity contribution in [2.45, 2.75) is 38.0 Å². The Labute approximate surface area is 141 Å². The zero-order valence-corrected chi connectivity index (χ0v) is 13.9. The Hall–Kier alpha value is -1.95. The second kappa shape index (κ2) is 5.55. The number of rotatable bonds is 3. The van der Waals surface area contributed by atoms with Crippen molar-refractivity contribution in [2.24, 2.45) is 5.41 Å². The molecule has 2 aromatic heterocycles. The maximum absolute atomic E-state index is 5.55. The molecule has 2 saturated heterocycles. The zero-order valence-electron chi connectivity index (χ0n) is 13.9. The van der Waals surface area contributed by atoms with Crippen LogP contribution in [0.1, 0.15) is 43.9 Å². The Morgan fingerprint density at radius 2 is 2.12 bits per heavy atom. The van der Waals surface area contributed by atoms with E-state index in [-0.39, 0.29) is 0 Å². The second-order valence-electron chi connectivity index (χ2n) is 7.45. The van der Waals surface area contributed by atoms with E-state index in [1.807, 2.05) is 6.20 Å². The molecular formula is C18H23N5O. The summed E-state index contributed by atoms with van der Waals surface area (Å²) in [6, 6.07) is 4.14. The number of piperidine rings is 1. The smallest absolute Gasteiger partial charge is 0.230 e. The van der Waals surface area contributed by atoms with Crippen molar-refractivity contribution in [2.75, 3.05) is 31.1 Å². The number of hydrogen-bond donors (Lipinski definition) is 1. The Morgan fingerprint density at radius 1 is 1.21 bits per heavy atom. The van der Waals surface area contributed by atoms with E-state index in [1.165, 1.54) is 32.1 Å². The van der Waals surface area contributed by atoms with Crippen LogP contribution in [0.15, 0.2) is 22.9 Å². The monoisotopic (exact) mass is 325 g/mol. The molecule has 2 aromatic rings. The molecule has 0 aromatic carbocycles. The first-order valence-electron chi connectivity index (χ1n) is 9.10. The molecule has 0 bridgehead atoms. The third-order valence-corrected chi connectivity index (χ3v) is 5.89. The lowest BCUT2D eigenvalue weighted by atomic mass is 10.0. The maximum Gasteiger partial charge on any atom is 0.230 e. The molecule has 2 atom stereocenters. The van der Waals surface area contributed by atoms with Crippen LogP contribution < -0.4 is 10.2 Å². The van der Waals surface area contributed by atoms with Gasteiger partial charge in [-0.25, -0.2) is 4.98 Å². The quantitative estimate of drug-likeness (QED) is 0.935. The molecule has 24 heavy (non-hydrogen) atoms. The number of hydrogen-bond acceptors (Lipinski definition) is 6. The maximum atomic E-state index is 5.55. The number of nitrogens with one attached hydrogen (secondary N) is 1. The summed E-state index contributed by atoms with van der Waals surface area (Å²) >= 11 is 0. The van der Waals surface area contributed by atoms with Crippen LogP contribution in [-0.2, 0) is 0 Å². The van der Waals surface area contributed by atoms with Crippen molar-refractivity contribution in [3.05, 3.63) is 24.2 Å². The molecule has 3 aliphatic rings. The van der Waals surface area contributed by atoms with E-state index in [2.05, 4.69) is 37.5 Å². The molecule has 4 heterocycles. The van der Waals surface area contributed by atoms with E-state index < -0.39 is 0 Å². The highest BCUT2D eigenvalue weighted by Crippen LogP contribution is 2.62. The molecule has 3 fully saturated rings. The molecule has 0 radical (unpaired) electrons. The van der Waals surface area contributed by atoms with Crippen LogP contribution in [0.3, 0.4) is 0 Å². The predicted octanol–water partition coefficient (Wildman–Crippen LogP) is 2.59. The zero-order chi connectivity index (χ0) is 16.0. The highest BCUT2D eigenvalue weighted by molar-refractivity contribution is 5.56. The minimum atomic E-state index is 0.389. The number of aromatic nitrogens is 3. The highest BCUT2D eigenvalue weighted by Gasteiger charge is 2.58. The second-order valence-corrected chi connectivity index (χ2v) is 7.45. The van der Waals surface area contributed by atoms with Gasteiger partial charge >= 0.3 is 0 Å². The third kappa shape index (κ3) is 2.40. The van der Waals surface area contributed by atoms with Gasteiger partial charge in [0.2, 0.25) is 11.7 Å². The summed E-state index contributed by atoms with van der Waals surface area (Å²) in [5, 5.41) is 7.63. The highest BCUT2D eigenvalue weighted by atomic mass is 16.5. The molecule has 5 rings (SSSR count). The Kier molecular flexibility index (Phi) is 3.33. The first kappa shape index (κ1) is 14.4. The van der Waals surface area contributed by atoms with Gasteiger partial charge in [-0.1, -0.05) is 5.16 Å². The number of anilines is 1. The normalized spacial score (nSPS) is 29.3. The molecule has 126 valence electrons. The molecule has 2 unspecified atom stereocenters. The summed E-state index contributed by atoms with van der Waals surface area (Å²) in [5.41, 5.74) is 1.32. The average molecular weight is 325 g/mol. The number of nitrogens with zero attached hydrogens (tertiary/aromatic N) is 4. The van der Waals surface area contributed by atoms with E-state index in [0.717, 1.165) is 43.5 Å². The Morgan fingerprint density at radius 3 is 2.88 bits per heavy atom. The van der Waals surface area contributed by atoms with Gasteiger partial charge in [0, 0.05) is 37.3 Å². The molecule has 6 heteroatoms. The fourth-order valence-electron chi connectivity index (χ4n) is 4.25. The molecule has 0 amide bonds. The summed E-state index contributed by atoms with van der Waals surface area (Å²) in [6.45, 7) is 4.41. The predicted molar refractivity (Wildman–Crippen MR) is 90.9 cm³/mol. The van der Waals surface area contributed by atoms with Crippen LogP contribution in [-0.4, -0.2) is 41.3 Å². The van der Waals surface area contributed by atoms with Crippen LogP contribution in [0, 0.1) is 5.41 Å². The average Bonchev–Trinajstić information content (AvgIpc) is 3.00. The van der Waals surface area contributed by atoms with Gasteiger partial charge in [0.05, 0.1) is 0 Å². The van der Waals surface area contributed by atoms with Gasteiger partial charge in [0.1, 0.15) is 5.82 Å². The van der Waals surface area contributed by atoms with Crippen LogP contribution in [0.5, 0.6) is 0 Å². The van der Waals surface area contributed by atoms with Gasteiger partial charge in [-0.2, -0.15) is 4.98 Å². The summed E-state index contributed by atoms with van der Waals surface area (Å²) in [5.74, 6) is 2.96. The van der Waals surface area contributed by atoms with Gasteiger partial charge < -0.3 is 14.7 Å². The van der Waals surface area contributed by atoms with E-state index >= 15 is 0 Å². The lowest BCUT2D eigenvalue weighted by Crippen LogP contribution is -2.29. The topological polar surface area (TPSA) is 67.1 Å². The van der Waals surface area contributed by atoms with Crippen LogP contribution in [0.2, 0.25) is 0 Å². The first-order valence-corrected chi connectivity index (χ1v) is 9.10. The minimum Gasteiger partial charge on any atom is -0.357 e. The Balaban J connectivity index is 1.32. The van der Waals surface area contributed by atoms with Crippen molar-refractivity contribution >= 4 is 5.82 Å². The van der Waals surface area contributed by atoms with Gasteiger partial charge in [-0.15, -0.1) is 0 Å². The fourth-order valence-corrected chi connectivity index (χ4v) is 4.25. The van der Waals surface area contributed by atoms with Crippen LogP contribution in [0.25, 0.3) is 11.4 Å². The summed E-state index contributed by atoms with van der Waals surface area (Å²) in [6.07, 6.45) is 8.12. The molecular weight excluding hydrogens is 302 g/mol. The summed E-state index contributed by atoms with van der Waals surface area (Å²) in [4.78, 5) is 11.6. The molecule has 1 saturated carbocycles. The fraction of sp³-hybridized carbons (Fsp3) is 0.611. The Bertz CT molecular complexity index is 713. The van der Waals surface area contributed by atoms with Crippen LogP contribution in [0.4, 0.5) is 5.82 Å². The van der Waals surface area contributed by atoms with Gasteiger partial charge in [0.25, 0.3) is 0 Å². The first-order chi connectivity index (χ1) is 11.8. The summed E-state index contributed by atoms with van der Waals surface area (Å²) in [7, 11) is 0. The molecule has 1 N–H and O–H groups in total.